The molecule has 0 fully saturated rings. The van der Waals surface area contributed by atoms with Crippen molar-refractivity contribution in [3.05, 3.63) is 49.0 Å². The van der Waals surface area contributed by atoms with E-state index in [1.54, 1.807) is 19.7 Å². The van der Waals surface area contributed by atoms with Crippen LogP contribution in [0, 0.1) is 0 Å². The first-order valence-corrected chi connectivity index (χ1v) is 9.39. The molecule has 0 spiro atoms. The molecule has 4 rings (SSSR count). The zero-order valence-electron chi connectivity index (χ0n) is 14.9. The Bertz CT molecular complexity index is 1100. The average Bonchev–Trinajstić information content (AvgIpc) is 3.28. The topological polar surface area (TPSA) is 81.7 Å². The lowest BCUT2D eigenvalue weighted by atomic mass is 10.2. The summed E-state index contributed by atoms with van der Waals surface area (Å²) in [5, 5.41) is 11.6. The molecule has 0 saturated carbocycles. The van der Waals surface area contributed by atoms with Gasteiger partial charge in [0.2, 0.25) is 5.91 Å². The third-order valence-corrected chi connectivity index (χ3v) is 5.62. The number of hydrogen-bond acceptors (Lipinski definition) is 6. The van der Waals surface area contributed by atoms with Crippen LogP contribution in [0.4, 0.5) is 5.69 Å². The molecule has 3 aromatic heterocycles. The minimum atomic E-state index is -0.323. The van der Waals surface area contributed by atoms with Gasteiger partial charge >= 0.3 is 0 Å². The first kappa shape index (κ1) is 17.4. The number of carbonyl (C=O) groups is 1. The van der Waals surface area contributed by atoms with Gasteiger partial charge in [0.1, 0.15) is 17.1 Å². The summed E-state index contributed by atoms with van der Waals surface area (Å²) in [5.41, 5.74) is 3.20. The van der Waals surface area contributed by atoms with Crippen molar-refractivity contribution in [2.75, 3.05) is 12.4 Å². The maximum absolute atomic E-state index is 12.8. The lowest BCUT2D eigenvalue weighted by Crippen LogP contribution is -2.25. The van der Waals surface area contributed by atoms with E-state index in [1.165, 1.54) is 11.8 Å². The number of para-hydroxylation sites is 2. The number of benzene rings is 1. The lowest BCUT2D eigenvalue weighted by molar-refractivity contribution is -0.115. The molecule has 1 amide bonds. The maximum atomic E-state index is 12.8. The molecule has 0 aliphatic carbocycles. The Labute approximate surface area is 159 Å². The van der Waals surface area contributed by atoms with Crippen LogP contribution in [0.5, 0.6) is 5.75 Å². The zero-order valence-corrected chi connectivity index (χ0v) is 15.7. The first-order valence-electron chi connectivity index (χ1n) is 8.51. The van der Waals surface area contributed by atoms with E-state index in [0.717, 1.165) is 16.6 Å². The Balaban J connectivity index is 1.60. The molecule has 1 aromatic carbocycles. The van der Waals surface area contributed by atoms with Crippen LogP contribution in [0.25, 0.3) is 16.6 Å². The highest BCUT2D eigenvalue weighted by molar-refractivity contribution is 8.00. The number of nitrogens with zero attached hydrogens (tertiary/aromatic N) is 3. The molecule has 0 unspecified atom stereocenters. The molecule has 0 saturated heterocycles. The highest BCUT2D eigenvalue weighted by Gasteiger charge is 2.22. The van der Waals surface area contributed by atoms with Crippen molar-refractivity contribution in [2.24, 2.45) is 0 Å². The van der Waals surface area contributed by atoms with Crippen LogP contribution in [-0.2, 0) is 4.79 Å². The maximum Gasteiger partial charge on any atom is 0.238 e. The third-order valence-electron chi connectivity index (χ3n) is 4.28. The quantitative estimate of drug-likeness (QED) is 0.508. The van der Waals surface area contributed by atoms with E-state index in [1.807, 2.05) is 47.7 Å². The number of fused-ring (bicyclic) bond motifs is 3. The van der Waals surface area contributed by atoms with Crippen LogP contribution in [0.3, 0.4) is 0 Å². The zero-order chi connectivity index (χ0) is 18.8. The van der Waals surface area contributed by atoms with Crippen molar-refractivity contribution >= 4 is 40.0 Å². The number of thioether (sulfide) groups is 1. The van der Waals surface area contributed by atoms with Crippen molar-refractivity contribution in [3.8, 4) is 5.75 Å². The molecule has 0 aliphatic heterocycles. The Morgan fingerprint density at radius 2 is 2.19 bits per heavy atom. The largest absolute Gasteiger partial charge is 0.495 e. The number of amides is 1. The minimum absolute atomic E-state index is 0.106. The molecule has 7 nitrogen and oxygen atoms in total. The molecule has 8 heteroatoms. The Kier molecular flexibility index (Phi) is 4.72. The number of aromatic nitrogens is 3. The van der Waals surface area contributed by atoms with Gasteiger partial charge in [-0.3, -0.25) is 9.20 Å². The molecular formula is C19H18N4O3S. The highest BCUT2D eigenvalue weighted by atomic mass is 32.2. The molecule has 0 bridgehead atoms. The van der Waals surface area contributed by atoms with Gasteiger partial charge in [0.25, 0.3) is 0 Å². The Morgan fingerprint density at radius 3 is 3.00 bits per heavy atom. The standard InChI is InChI=1S/C19H18N4O3S/c1-3-17(18(24)21-12-6-4-5-7-15(12)25-2)27-19-14-10-16-13(8-9-26-16)23(14)11-20-22-19/h4-11,17H,3H2,1-2H3,(H,21,24)/t17-/m1/s1. The highest BCUT2D eigenvalue weighted by Crippen LogP contribution is 2.32. The van der Waals surface area contributed by atoms with E-state index >= 15 is 0 Å². The normalized spacial score (nSPS) is 12.4. The van der Waals surface area contributed by atoms with Crippen molar-refractivity contribution in [1.82, 2.24) is 14.6 Å². The average molecular weight is 382 g/mol. The monoisotopic (exact) mass is 382 g/mol. The van der Waals surface area contributed by atoms with Gasteiger partial charge in [0.05, 0.1) is 35.3 Å². The number of anilines is 1. The van der Waals surface area contributed by atoms with Gasteiger partial charge in [-0.1, -0.05) is 30.8 Å². The molecule has 4 aromatic rings. The van der Waals surface area contributed by atoms with E-state index < -0.39 is 0 Å². The third kappa shape index (κ3) is 3.23. The van der Waals surface area contributed by atoms with E-state index in [4.69, 9.17) is 9.15 Å². The van der Waals surface area contributed by atoms with Crippen molar-refractivity contribution in [3.63, 3.8) is 0 Å². The molecular weight excluding hydrogens is 364 g/mol. The summed E-state index contributed by atoms with van der Waals surface area (Å²) in [6.07, 6.45) is 3.93. The number of rotatable bonds is 6. The second-order valence-electron chi connectivity index (χ2n) is 5.91. The van der Waals surface area contributed by atoms with Crippen LogP contribution >= 0.6 is 11.8 Å². The second-order valence-corrected chi connectivity index (χ2v) is 7.10. The summed E-state index contributed by atoms with van der Waals surface area (Å²) >= 11 is 1.39. The summed E-state index contributed by atoms with van der Waals surface area (Å²) in [4.78, 5) is 12.8. The SMILES string of the molecule is CC[C@@H](Sc1nncn2c1cc1occc12)C(=O)Nc1ccccc1OC. The molecule has 1 atom stereocenters. The predicted octanol–water partition coefficient (Wildman–Crippen LogP) is 3.99. The molecule has 27 heavy (non-hydrogen) atoms. The molecule has 3 heterocycles. The number of carbonyl (C=O) groups excluding carboxylic acids is 1. The molecule has 0 radical (unpaired) electrons. The van der Waals surface area contributed by atoms with Crippen LogP contribution in [-0.4, -0.2) is 32.9 Å². The minimum Gasteiger partial charge on any atom is -0.495 e. The lowest BCUT2D eigenvalue weighted by Gasteiger charge is -2.16. The van der Waals surface area contributed by atoms with Gasteiger partial charge in [-0.05, 0) is 18.6 Å². The Morgan fingerprint density at radius 1 is 1.33 bits per heavy atom. The van der Waals surface area contributed by atoms with Crippen molar-refractivity contribution in [2.45, 2.75) is 23.6 Å². The number of nitrogens with one attached hydrogen (secondary N) is 1. The molecule has 1 N–H and O–H groups in total. The summed E-state index contributed by atoms with van der Waals surface area (Å²) in [6.45, 7) is 1.97. The number of hydrogen-bond donors (Lipinski definition) is 1. The fourth-order valence-corrected chi connectivity index (χ4v) is 3.89. The van der Waals surface area contributed by atoms with Crippen molar-refractivity contribution in [1.29, 1.82) is 0 Å². The second kappa shape index (κ2) is 7.32. The van der Waals surface area contributed by atoms with E-state index in [2.05, 4.69) is 15.5 Å². The van der Waals surface area contributed by atoms with Gasteiger partial charge in [-0.2, -0.15) is 0 Å². The summed E-state index contributed by atoms with van der Waals surface area (Å²) < 4.78 is 12.7. The predicted molar refractivity (Wildman–Crippen MR) is 104 cm³/mol. The number of ether oxygens (including phenoxy) is 1. The van der Waals surface area contributed by atoms with Gasteiger partial charge < -0.3 is 14.5 Å². The summed E-state index contributed by atoms with van der Waals surface area (Å²) in [6, 6.07) is 11.1. The molecule has 138 valence electrons. The Hall–Kier alpha value is -3.00. The van der Waals surface area contributed by atoms with E-state index in [-0.39, 0.29) is 11.2 Å². The van der Waals surface area contributed by atoms with Crippen molar-refractivity contribution < 1.29 is 13.9 Å². The fraction of sp³-hybridized carbons (Fsp3) is 0.211. The van der Waals surface area contributed by atoms with E-state index in [9.17, 15) is 4.79 Å². The first-order chi connectivity index (χ1) is 13.2. The summed E-state index contributed by atoms with van der Waals surface area (Å²) in [7, 11) is 1.58. The smallest absolute Gasteiger partial charge is 0.238 e. The van der Waals surface area contributed by atoms with Gasteiger partial charge in [0, 0.05) is 12.1 Å². The van der Waals surface area contributed by atoms with Gasteiger partial charge in [0.15, 0.2) is 5.58 Å². The van der Waals surface area contributed by atoms with Gasteiger partial charge in [-0.15, -0.1) is 10.2 Å². The van der Waals surface area contributed by atoms with Gasteiger partial charge in [-0.25, -0.2) is 0 Å². The van der Waals surface area contributed by atoms with Crippen LogP contribution < -0.4 is 10.1 Å². The number of methoxy groups -OCH3 is 1. The van der Waals surface area contributed by atoms with Crippen LogP contribution in [0.2, 0.25) is 0 Å². The fourth-order valence-electron chi connectivity index (χ4n) is 2.92. The molecule has 0 aliphatic rings. The van der Waals surface area contributed by atoms with Crippen LogP contribution in [0.1, 0.15) is 13.3 Å². The van der Waals surface area contributed by atoms with E-state index in [0.29, 0.717) is 22.9 Å². The van der Waals surface area contributed by atoms with Crippen LogP contribution in [0.15, 0.2) is 58.4 Å². The summed E-state index contributed by atoms with van der Waals surface area (Å²) in [5.74, 6) is 0.519. The number of furan rings is 1.